The van der Waals surface area contributed by atoms with Gasteiger partial charge in [0, 0.05) is 6.92 Å². The summed E-state index contributed by atoms with van der Waals surface area (Å²) in [6, 6.07) is 3.92. The van der Waals surface area contributed by atoms with Crippen molar-refractivity contribution in [3.8, 4) is 0 Å². The fourth-order valence-corrected chi connectivity index (χ4v) is 2.35. The Morgan fingerprint density at radius 1 is 1.27 bits per heavy atom. The number of benzene rings is 1. The maximum atomic E-state index is 12.8. The monoisotopic (exact) mass is 369 g/mol. The van der Waals surface area contributed by atoms with E-state index in [4.69, 9.17) is 4.52 Å². The van der Waals surface area contributed by atoms with Crippen molar-refractivity contribution in [1.82, 2.24) is 15.5 Å². The maximum Gasteiger partial charge on any atom is 0.416 e. The second kappa shape index (κ2) is 7.67. The van der Waals surface area contributed by atoms with E-state index in [1.165, 1.54) is 19.1 Å². The van der Waals surface area contributed by atoms with Gasteiger partial charge in [-0.1, -0.05) is 37.2 Å². The summed E-state index contributed by atoms with van der Waals surface area (Å²) >= 11 is 0. The van der Waals surface area contributed by atoms with Crippen LogP contribution in [0.2, 0.25) is 0 Å². The van der Waals surface area contributed by atoms with Crippen LogP contribution in [-0.2, 0) is 17.4 Å². The van der Waals surface area contributed by atoms with Gasteiger partial charge in [-0.05, 0) is 17.5 Å². The van der Waals surface area contributed by atoms with Crippen LogP contribution < -0.4 is 5.32 Å². The quantitative estimate of drug-likeness (QED) is 0.791. The van der Waals surface area contributed by atoms with Gasteiger partial charge >= 0.3 is 6.18 Å². The number of nitrogens with one attached hydrogen (secondary N) is 1. The molecule has 0 aliphatic heterocycles. The van der Waals surface area contributed by atoms with Crippen LogP contribution >= 0.6 is 0 Å². The molecule has 1 aromatic heterocycles. The normalized spacial score (nSPS) is 12.9. The van der Waals surface area contributed by atoms with Crippen molar-refractivity contribution in [3.05, 3.63) is 47.1 Å². The van der Waals surface area contributed by atoms with Gasteiger partial charge in [0.25, 0.3) is 0 Å². The van der Waals surface area contributed by atoms with E-state index in [-0.39, 0.29) is 30.0 Å². The number of aromatic nitrogens is 2. The molecule has 0 spiro atoms. The number of rotatable bonds is 6. The van der Waals surface area contributed by atoms with Crippen molar-refractivity contribution in [2.45, 2.75) is 39.4 Å². The molecule has 26 heavy (non-hydrogen) atoms. The van der Waals surface area contributed by atoms with Gasteiger partial charge in [0.2, 0.25) is 23.4 Å². The predicted octanol–water partition coefficient (Wildman–Crippen LogP) is 3.02. The molecule has 0 bridgehead atoms. The van der Waals surface area contributed by atoms with E-state index in [0.29, 0.717) is 5.56 Å². The first kappa shape index (κ1) is 19.6. The molecule has 9 heteroatoms. The Hall–Kier alpha value is -2.71. The molecular weight excluding hydrogens is 351 g/mol. The summed E-state index contributed by atoms with van der Waals surface area (Å²) in [6.45, 7) is 4.79. The molecule has 0 fully saturated rings. The summed E-state index contributed by atoms with van der Waals surface area (Å²) < 4.78 is 43.2. The average Bonchev–Trinajstić information content (AvgIpc) is 2.99. The SMILES string of the molecule is CC(=O)NC(C(=O)c1noc(Cc2cccc(C(F)(F)F)c2)n1)C(C)C. The number of Topliss-reactive ketones (excluding diaryl/α,β-unsaturated/α-hetero) is 1. The smallest absolute Gasteiger partial charge is 0.346 e. The lowest BCUT2D eigenvalue weighted by Crippen LogP contribution is -2.43. The van der Waals surface area contributed by atoms with Crippen LogP contribution in [0.5, 0.6) is 0 Å². The van der Waals surface area contributed by atoms with Crippen LogP contribution in [0.3, 0.4) is 0 Å². The number of nitrogens with zero attached hydrogens (tertiary/aromatic N) is 2. The Labute approximate surface area is 147 Å². The molecule has 1 N–H and O–H groups in total. The van der Waals surface area contributed by atoms with Gasteiger partial charge in [0.1, 0.15) is 0 Å². The Morgan fingerprint density at radius 3 is 2.54 bits per heavy atom. The Kier molecular flexibility index (Phi) is 5.79. The Bertz CT molecular complexity index is 800. The molecular formula is C17H18F3N3O3. The summed E-state index contributed by atoms with van der Waals surface area (Å²) in [4.78, 5) is 27.6. The summed E-state index contributed by atoms with van der Waals surface area (Å²) in [7, 11) is 0. The number of ketones is 1. The topological polar surface area (TPSA) is 85.1 Å². The third-order valence-corrected chi connectivity index (χ3v) is 3.61. The highest BCUT2D eigenvalue weighted by Gasteiger charge is 2.31. The number of hydrogen-bond donors (Lipinski definition) is 1. The molecule has 1 amide bonds. The zero-order chi connectivity index (χ0) is 19.5. The molecule has 0 aliphatic carbocycles. The van der Waals surface area contributed by atoms with Gasteiger partial charge in [-0.25, -0.2) is 0 Å². The standard InChI is InChI=1S/C17H18F3N3O3/c1-9(2)14(21-10(3)24)15(25)16-22-13(26-23-16)8-11-5-4-6-12(7-11)17(18,19)20/h4-7,9,14H,8H2,1-3H3,(H,21,24). The van der Waals surface area contributed by atoms with Crippen LogP contribution in [-0.4, -0.2) is 27.9 Å². The average molecular weight is 369 g/mol. The third kappa shape index (κ3) is 4.90. The number of carbonyl (C=O) groups is 2. The predicted molar refractivity (Wildman–Crippen MR) is 85.3 cm³/mol. The minimum absolute atomic E-state index is 0.0120. The molecule has 1 atom stereocenters. The van der Waals surface area contributed by atoms with Crippen LogP contribution in [0.25, 0.3) is 0 Å². The van der Waals surface area contributed by atoms with Gasteiger partial charge in [-0.2, -0.15) is 18.2 Å². The van der Waals surface area contributed by atoms with Crippen molar-refractivity contribution in [2.75, 3.05) is 0 Å². The van der Waals surface area contributed by atoms with Gasteiger partial charge in [0.05, 0.1) is 18.0 Å². The lowest BCUT2D eigenvalue weighted by atomic mass is 9.99. The summed E-state index contributed by atoms with van der Waals surface area (Å²) in [5, 5.41) is 6.11. The molecule has 2 rings (SSSR count). The van der Waals surface area contributed by atoms with Crippen molar-refractivity contribution < 1.29 is 27.3 Å². The third-order valence-electron chi connectivity index (χ3n) is 3.61. The highest BCUT2D eigenvalue weighted by atomic mass is 19.4. The summed E-state index contributed by atoms with van der Waals surface area (Å²) in [5.41, 5.74) is -0.457. The van der Waals surface area contributed by atoms with E-state index < -0.39 is 23.6 Å². The lowest BCUT2D eigenvalue weighted by molar-refractivity contribution is -0.137. The molecule has 1 aromatic carbocycles. The maximum absolute atomic E-state index is 12.8. The highest BCUT2D eigenvalue weighted by Crippen LogP contribution is 2.29. The fourth-order valence-electron chi connectivity index (χ4n) is 2.35. The minimum atomic E-state index is -4.45. The fraction of sp³-hybridized carbons (Fsp3) is 0.412. The first-order chi connectivity index (χ1) is 12.1. The Balaban J connectivity index is 2.17. The van der Waals surface area contributed by atoms with E-state index in [0.717, 1.165) is 12.1 Å². The first-order valence-electron chi connectivity index (χ1n) is 7.88. The van der Waals surface area contributed by atoms with E-state index in [9.17, 15) is 22.8 Å². The van der Waals surface area contributed by atoms with E-state index >= 15 is 0 Å². The number of alkyl halides is 3. The highest BCUT2D eigenvalue weighted by molar-refractivity contribution is 5.98. The molecule has 1 heterocycles. The largest absolute Gasteiger partial charge is 0.416 e. The van der Waals surface area contributed by atoms with Crippen molar-refractivity contribution >= 4 is 11.7 Å². The van der Waals surface area contributed by atoms with Gasteiger partial charge in [-0.3, -0.25) is 9.59 Å². The van der Waals surface area contributed by atoms with E-state index in [2.05, 4.69) is 15.5 Å². The molecule has 0 radical (unpaired) electrons. The van der Waals surface area contributed by atoms with Crippen molar-refractivity contribution in [2.24, 2.45) is 5.92 Å². The van der Waals surface area contributed by atoms with Crippen LogP contribution in [0, 0.1) is 5.92 Å². The molecule has 0 saturated carbocycles. The molecule has 1 unspecified atom stereocenters. The van der Waals surface area contributed by atoms with Crippen LogP contribution in [0.15, 0.2) is 28.8 Å². The first-order valence-corrected chi connectivity index (χ1v) is 7.88. The van der Waals surface area contributed by atoms with Crippen LogP contribution in [0.1, 0.15) is 48.4 Å². The van der Waals surface area contributed by atoms with Crippen molar-refractivity contribution in [1.29, 1.82) is 0 Å². The summed E-state index contributed by atoms with van der Waals surface area (Å²) in [5.74, 6) is -1.30. The molecule has 0 saturated heterocycles. The number of hydrogen-bond acceptors (Lipinski definition) is 5. The molecule has 2 aromatic rings. The van der Waals surface area contributed by atoms with Gasteiger partial charge in [-0.15, -0.1) is 0 Å². The second-order valence-corrected chi connectivity index (χ2v) is 6.17. The number of amides is 1. The van der Waals surface area contributed by atoms with Crippen molar-refractivity contribution in [3.63, 3.8) is 0 Å². The summed E-state index contributed by atoms with van der Waals surface area (Å²) in [6.07, 6.45) is -4.49. The number of halogens is 3. The molecule has 0 aliphatic rings. The number of carbonyl (C=O) groups excluding carboxylic acids is 2. The van der Waals surface area contributed by atoms with Crippen LogP contribution in [0.4, 0.5) is 13.2 Å². The Morgan fingerprint density at radius 2 is 1.96 bits per heavy atom. The molecule has 6 nitrogen and oxygen atoms in total. The minimum Gasteiger partial charge on any atom is -0.346 e. The zero-order valence-electron chi connectivity index (χ0n) is 14.4. The second-order valence-electron chi connectivity index (χ2n) is 6.17. The van der Waals surface area contributed by atoms with Gasteiger partial charge < -0.3 is 9.84 Å². The molecule has 140 valence electrons. The van der Waals surface area contributed by atoms with E-state index in [1.807, 2.05) is 0 Å². The van der Waals surface area contributed by atoms with E-state index in [1.54, 1.807) is 13.8 Å². The zero-order valence-corrected chi connectivity index (χ0v) is 14.4. The van der Waals surface area contributed by atoms with Gasteiger partial charge in [0.15, 0.2) is 0 Å². The lowest BCUT2D eigenvalue weighted by Gasteiger charge is -2.18.